The Morgan fingerprint density at radius 1 is 1.00 bits per heavy atom. The van der Waals surface area contributed by atoms with Crippen LogP contribution in [0.4, 0.5) is 0 Å². The lowest BCUT2D eigenvalue weighted by Crippen LogP contribution is -2.20. The predicted octanol–water partition coefficient (Wildman–Crippen LogP) is 6.33. The number of nitrogens with zero attached hydrogens (tertiary/aromatic N) is 1. The van der Waals surface area contributed by atoms with Gasteiger partial charge in [-0.15, -0.1) is 0 Å². The monoisotopic (exact) mass is 336 g/mol. The normalized spacial score (nSPS) is 22.4. The van der Waals surface area contributed by atoms with Gasteiger partial charge in [-0.25, -0.2) is 0 Å². The number of hydrogen-bond acceptors (Lipinski definition) is 2. The lowest BCUT2D eigenvalue weighted by molar-refractivity contribution is 0.526. The van der Waals surface area contributed by atoms with Crippen molar-refractivity contribution < 1.29 is 0 Å². The molecule has 1 fully saturated rings. The Morgan fingerprint density at radius 3 is 2.28 bits per heavy atom. The molecule has 134 valence electrons. The lowest BCUT2D eigenvalue weighted by Gasteiger charge is -2.23. The molecule has 25 heavy (non-hydrogen) atoms. The molecule has 0 aliphatic heterocycles. The van der Waals surface area contributed by atoms with Gasteiger partial charge in [0.15, 0.2) is 0 Å². The first-order valence-corrected chi connectivity index (χ1v) is 9.81. The summed E-state index contributed by atoms with van der Waals surface area (Å²) in [5, 5.41) is 4.82. The van der Waals surface area contributed by atoms with Crippen molar-refractivity contribution in [2.45, 2.75) is 72.3 Å². The Labute approximate surface area is 153 Å². The number of allylic oxidation sites excluding steroid dienone is 3. The first kappa shape index (κ1) is 18.0. The van der Waals surface area contributed by atoms with Gasteiger partial charge in [0.05, 0.1) is 6.04 Å². The van der Waals surface area contributed by atoms with Gasteiger partial charge in [0.2, 0.25) is 0 Å². The summed E-state index contributed by atoms with van der Waals surface area (Å²) in [5.74, 6) is 0.551. The Hall–Kier alpha value is -1.83. The molecule has 0 bridgehead atoms. The summed E-state index contributed by atoms with van der Waals surface area (Å²) >= 11 is 0. The molecule has 0 heterocycles. The highest BCUT2D eigenvalue weighted by molar-refractivity contribution is 5.84. The van der Waals surface area contributed by atoms with E-state index in [2.05, 4.69) is 63.5 Å². The molecule has 0 amide bonds. The van der Waals surface area contributed by atoms with E-state index in [-0.39, 0.29) is 6.04 Å². The molecule has 0 saturated heterocycles. The molecular weight excluding hydrogens is 304 g/mol. The van der Waals surface area contributed by atoms with E-state index in [4.69, 9.17) is 5.10 Å². The maximum absolute atomic E-state index is 4.82. The molecule has 1 aromatic rings. The van der Waals surface area contributed by atoms with Crippen LogP contribution in [0.3, 0.4) is 0 Å². The summed E-state index contributed by atoms with van der Waals surface area (Å²) < 4.78 is 0. The van der Waals surface area contributed by atoms with Crippen molar-refractivity contribution in [1.29, 1.82) is 0 Å². The molecule has 2 heteroatoms. The average molecular weight is 337 g/mol. The van der Waals surface area contributed by atoms with Crippen molar-refractivity contribution in [2.75, 3.05) is 0 Å². The summed E-state index contributed by atoms with van der Waals surface area (Å²) in [6.45, 7) is 9.18. The molecule has 2 aliphatic carbocycles. The Balaban J connectivity index is 1.80. The van der Waals surface area contributed by atoms with Crippen LogP contribution in [-0.4, -0.2) is 5.71 Å². The SMILES string of the molecule is CC1=C(C)C(C)C(CC(NN=C2CCCCC2)c2ccccc2)=C1C. The molecule has 2 aliphatic rings. The van der Waals surface area contributed by atoms with Gasteiger partial charge >= 0.3 is 0 Å². The van der Waals surface area contributed by atoms with Crippen LogP contribution in [0.25, 0.3) is 0 Å². The standard InChI is InChI=1S/C23H32N2/c1-16-17(2)19(4)22(18(16)3)15-23(20-11-7-5-8-12-20)25-24-21-13-9-6-10-14-21/h5,7-8,11-12,18,23,25H,6,9-10,13-15H2,1-4H3. The van der Waals surface area contributed by atoms with Gasteiger partial charge in [0, 0.05) is 5.71 Å². The third kappa shape index (κ3) is 4.05. The molecule has 2 nitrogen and oxygen atoms in total. The molecule has 1 saturated carbocycles. The zero-order valence-electron chi connectivity index (χ0n) is 16.2. The van der Waals surface area contributed by atoms with Gasteiger partial charge in [0.25, 0.3) is 0 Å². The molecule has 0 spiro atoms. The van der Waals surface area contributed by atoms with Crippen molar-refractivity contribution in [1.82, 2.24) is 5.43 Å². The first-order valence-electron chi connectivity index (χ1n) is 9.81. The van der Waals surface area contributed by atoms with Crippen LogP contribution in [0.15, 0.2) is 57.7 Å². The zero-order valence-corrected chi connectivity index (χ0v) is 16.2. The Bertz CT molecular complexity index is 686. The maximum atomic E-state index is 4.82. The second kappa shape index (κ2) is 8.03. The highest BCUT2D eigenvalue weighted by atomic mass is 15.3. The Kier molecular flexibility index (Phi) is 5.78. The van der Waals surface area contributed by atoms with Crippen LogP contribution in [0, 0.1) is 5.92 Å². The van der Waals surface area contributed by atoms with Crippen molar-refractivity contribution >= 4 is 5.71 Å². The van der Waals surface area contributed by atoms with Gasteiger partial charge in [-0.1, -0.05) is 54.8 Å². The summed E-state index contributed by atoms with van der Waals surface area (Å²) in [7, 11) is 0. The highest BCUT2D eigenvalue weighted by Gasteiger charge is 2.26. The first-order chi connectivity index (χ1) is 12.1. The van der Waals surface area contributed by atoms with E-state index in [1.54, 1.807) is 5.57 Å². The largest absolute Gasteiger partial charge is 0.302 e. The smallest absolute Gasteiger partial charge is 0.0726 e. The van der Waals surface area contributed by atoms with Crippen LogP contribution in [0.5, 0.6) is 0 Å². The second-order valence-corrected chi connectivity index (χ2v) is 7.72. The fourth-order valence-electron chi connectivity index (χ4n) is 4.16. The third-order valence-corrected chi connectivity index (χ3v) is 6.24. The molecule has 2 unspecified atom stereocenters. The van der Waals surface area contributed by atoms with Crippen molar-refractivity contribution in [3.8, 4) is 0 Å². The molecule has 0 radical (unpaired) electrons. The number of hydrogen-bond donors (Lipinski definition) is 1. The van der Waals surface area contributed by atoms with Crippen LogP contribution < -0.4 is 5.43 Å². The summed E-state index contributed by atoms with van der Waals surface area (Å²) in [6, 6.07) is 11.0. The molecule has 3 rings (SSSR count). The number of nitrogens with one attached hydrogen (secondary N) is 1. The number of benzene rings is 1. The second-order valence-electron chi connectivity index (χ2n) is 7.72. The van der Waals surface area contributed by atoms with Gasteiger partial charge in [0.1, 0.15) is 0 Å². The van der Waals surface area contributed by atoms with Gasteiger partial charge in [-0.3, -0.25) is 0 Å². The van der Waals surface area contributed by atoms with E-state index in [9.17, 15) is 0 Å². The minimum Gasteiger partial charge on any atom is -0.302 e. The fourth-order valence-corrected chi connectivity index (χ4v) is 4.16. The van der Waals surface area contributed by atoms with Gasteiger partial charge < -0.3 is 5.43 Å². The van der Waals surface area contributed by atoms with Crippen molar-refractivity contribution in [2.24, 2.45) is 11.0 Å². The summed E-state index contributed by atoms with van der Waals surface area (Å²) in [4.78, 5) is 0. The van der Waals surface area contributed by atoms with E-state index in [1.807, 2.05) is 0 Å². The highest BCUT2D eigenvalue weighted by Crippen LogP contribution is 2.40. The molecular formula is C23H32N2. The summed E-state index contributed by atoms with van der Waals surface area (Å²) in [6.07, 6.45) is 7.29. The molecule has 1 N–H and O–H groups in total. The molecule has 1 aromatic carbocycles. The topological polar surface area (TPSA) is 24.4 Å². The van der Waals surface area contributed by atoms with E-state index in [1.165, 1.54) is 47.3 Å². The average Bonchev–Trinajstić information content (AvgIpc) is 2.84. The zero-order chi connectivity index (χ0) is 17.8. The van der Waals surface area contributed by atoms with Crippen LogP contribution in [-0.2, 0) is 0 Å². The van der Waals surface area contributed by atoms with E-state index in [0.29, 0.717) is 5.92 Å². The van der Waals surface area contributed by atoms with E-state index in [0.717, 1.165) is 19.3 Å². The van der Waals surface area contributed by atoms with Crippen molar-refractivity contribution in [3.63, 3.8) is 0 Å². The number of rotatable bonds is 5. The molecule has 0 aromatic heterocycles. The minimum absolute atomic E-state index is 0.252. The Morgan fingerprint density at radius 2 is 1.68 bits per heavy atom. The van der Waals surface area contributed by atoms with E-state index < -0.39 is 0 Å². The summed E-state index contributed by atoms with van der Waals surface area (Å²) in [5.41, 5.74) is 12.3. The van der Waals surface area contributed by atoms with Crippen LogP contribution >= 0.6 is 0 Å². The van der Waals surface area contributed by atoms with Gasteiger partial charge in [-0.05, 0) is 75.5 Å². The van der Waals surface area contributed by atoms with Crippen LogP contribution in [0.2, 0.25) is 0 Å². The van der Waals surface area contributed by atoms with Crippen molar-refractivity contribution in [3.05, 3.63) is 58.2 Å². The minimum atomic E-state index is 0.252. The third-order valence-electron chi connectivity index (χ3n) is 6.24. The maximum Gasteiger partial charge on any atom is 0.0726 e. The fraction of sp³-hybridized carbons (Fsp3) is 0.522. The van der Waals surface area contributed by atoms with E-state index >= 15 is 0 Å². The van der Waals surface area contributed by atoms with Gasteiger partial charge in [-0.2, -0.15) is 5.10 Å². The predicted molar refractivity (Wildman–Crippen MR) is 108 cm³/mol. The lowest BCUT2D eigenvalue weighted by atomic mass is 9.90. The number of hydrazone groups is 1. The molecule has 2 atom stereocenters. The van der Waals surface area contributed by atoms with Crippen LogP contribution in [0.1, 0.15) is 77.8 Å². The quantitative estimate of drug-likeness (QED) is 0.624.